The van der Waals surface area contributed by atoms with Gasteiger partial charge in [-0.15, -0.1) is 0 Å². The zero-order valence-electron chi connectivity index (χ0n) is 16.9. The van der Waals surface area contributed by atoms with Gasteiger partial charge >= 0.3 is 0 Å². The van der Waals surface area contributed by atoms with Gasteiger partial charge in [-0.25, -0.2) is 19.9 Å². The average Bonchev–Trinajstić information content (AvgIpc) is 2.75. The molecule has 3 aromatic rings. The third-order valence-electron chi connectivity index (χ3n) is 4.57. The van der Waals surface area contributed by atoms with Crippen molar-refractivity contribution in [2.45, 2.75) is 26.1 Å². The Morgan fingerprint density at radius 3 is 2.53 bits per heavy atom. The summed E-state index contributed by atoms with van der Waals surface area (Å²) < 4.78 is 25.2. The monoisotopic (exact) mass is 411 g/mol. The fourth-order valence-electron chi connectivity index (χ4n) is 3.28. The highest BCUT2D eigenvalue weighted by Crippen LogP contribution is 2.25. The molecule has 0 aliphatic carbocycles. The Bertz CT molecular complexity index is 1010. The Balaban J connectivity index is 1.56. The van der Waals surface area contributed by atoms with Crippen molar-refractivity contribution < 1.29 is 13.9 Å². The molecule has 0 amide bonds. The molecule has 0 spiro atoms. The van der Waals surface area contributed by atoms with Gasteiger partial charge < -0.3 is 19.7 Å². The highest BCUT2D eigenvalue weighted by Gasteiger charge is 2.24. The maximum atomic E-state index is 14.3. The van der Waals surface area contributed by atoms with Crippen LogP contribution in [0.25, 0.3) is 11.4 Å². The molecule has 3 aromatic heterocycles. The molecule has 30 heavy (non-hydrogen) atoms. The predicted molar refractivity (Wildman–Crippen MR) is 109 cm³/mol. The molecular formula is C20H22FN7O2. The lowest BCUT2D eigenvalue weighted by Gasteiger charge is -2.35. The van der Waals surface area contributed by atoms with Crippen LogP contribution in [-0.2, 0) is 4.74 Å². The topological polar surface area (TPSA) is 98.2 Å². The summed E-state index contributed by atoms with van der Waals surface area (Å²) in [5.41, 5.74) is 0.729. The van der Waals surface area contributed by atoms with Crippen LogP contribution in [0.5, 0.6) is 5.75 Å². The van der Waals surface area contributed by atoms with E-state index in [9.17, 15) is 4.39 Å². The van der Waals surface area contributed by atoms with Gasteiger partial charge in [0.1, 0.15) is 5.82 Å². The molecule has 0 radical (unpaired) electrons. The normalized spacial score (nSPS) is 18.9. The maximum absolute atomic E-state index is 14.3. The first-order chi connectivity index (χ1) is 14.5. The lowest BCUT2D eigenvalue weighted by Crippen LogP contribution is -2.46. The van der Waals surface area contributed by atoms with E-state index in [-0.39, 0.29) is 17.9 Å². The molecule has 2 atom stereocenters. The number of morpholine rings is 1. The summed E-state index contributed by atoms with van der Waals surface area (Å²) in [6.45, 7) is 5.40. The number of rotatable bonds is 5. The summed E-state index contributed by atoms with van der Waals surface area (Å²) in [6.07, 6.45) is 6.26. The number of anilines is 3. The van der Waals surface area contributed by atoms with Gasteiger partial charge in [-0.05, 0) is 26.0 Å². The summed E-state index contributed by atoms with van der Waals surface area (Å²) in [4.78, 5) is 23.2. The van der Waals surface area contributed by atoms with E-state index in [1.54, 1.807) is 30.7 Å². The minimum absolute atomic E-state index is 0.0804. The van der Waals surface area contributed by atoms with Crippen molar-refractivity contribution in [3.05, 3.63) is 42.9 Å². The molecule has 4 heterocycles. The van der Waals surface area contributed by atoms with Crippen LogP contribution in [0, 0.1) is 5.95 Å². The van der Waals surface area contributed by atoms with Crippen molar-refractivity contribution in [1.82, 2.24) is 24.9 Å². The third kappa shape index (κ3) is 4.43. The summed E-state index contributed by atoms with van der Waals surface area (Å²) in [5.74, 6) is 1.31. The van der Waals surface area contributed by atoms with E-state index in [1.165, 1.54) is 13.3 Å². The van der Waals surface area contributed by atoms with Crippen LogP contribution >= 0.6 is 0 Å². The van der Waals surface area contributed by atoms with Crippen molar-refractivity contribution >= 4 is 17.5 Å². The van der Waals surface area contributed by atoms with Gasteiger partial charge in [0.2, 0.25) is 11.9 Å². The Kier molecular flexibility index (Phi) is 5.66. The molecule has 1 saturated heterocycles. The van der Waals surface area contributed by atoms with Crippen molar-refractivity contribution in [3.63, 3.8) is 0 Å². The molecule has 9 nitrogen and oxygen atoms in total. The van der Waals surface area contributed by atoms with E-state index < -0.39 is 5.95 Å². The highest BCUT2D eigenvalue weighted by molar-refractivity contribution is 5.65. The molecule has 0 aromatic carbocycles. The number of aromatic nitrogens is 5. The molecule has 0 unspecified atom stereocenters. The van der Waals surface area contributed by atoms with Gasteiger partial charge in [0.25, 0.3) is 0 Å². The van der Waals surface area contributed by atoms with Gasteiger partial charge in [0.05, 0.1) is 37.4 Å². The van der Waals surface area contributed by atoms with Crippen LogP contribution < -0.4 is 15.0 Å². The Labute approximate surface area is 173 Å². The van der Waals surface area contributed by atoms with E-state index in [1.807, 2.05) is 13.8 Å². The third-order valence-corrected chi connectivity index (χ3v) is 4.57. The highest BCUT2D eigenvalue weighted by atomic mass is 19.1. The minimum atomic E-state index is -0.652. The lowest BCUT2D eigenvalue weighted by atomic mass is 10.2. The summed E-state index contributed by atoms with van der Waals surface area (Å²) >= 11 is 0. The second-order valence-corrected chi connectivity index (χ2v) is 7.04. The molecule has 1 aliphatic heterocycles. The number of methoxy groups -OCH3 is 1. The first-order valence-electron chi connectivity index (χ1n) is 9.54. The molecule has 156 valence electrons. The van der Waals surface area contributed by atoms with Crippen molar-refractivity contribution in [2.24, 2.45) is 0 Å². The quantitative estimate of drug-likeness (QED) is 0.636. The molecule has 1 fully saturated rings. The molecule has 1 aliphatic rings. The van der Waals surface area contributed by atoms with Crippen molar-refractivity contribution in [2.75, 3.05) is 30.4 Å². The van der Waals surface area contributed by atoms with Gasteiger partial charge in [0.15, 0.2) is 11.6 Å². The molecule has 0 saturated carbocycles. The first kappa shape index (κ1) is 19.9. The minimum Gasteiger partial charge on any atom is -0.494 e. The van der Waals surface area contributed by atoms with E-state index in [0.717, 1.165) is 0 Å². The smallest absolute Gasteiger partial charge is 0.236 e. The zero-order valence-corrected chi connectivity index (χ0v) is 16.9. The maximum Gasteiger partial charge on any atom is 0.236 e. The van der Waals surface area contributed by atoms with Crippen molar-refractivity contribution in [1.29, 1.82) is 0 Å². The number of pyridine rings is 1. The van der Waals surface area contributed by atoms with Gasteiger partial charge in [0, 0.05) is 31.0 Å². The number of ether oxygens (including phenoxy) is 2. The van der Waals surface area contributed by atoms with E-state index >= 15 is 0 Å². The number of nitrogens with one attached hydrogen (secondary N) is 1. The number of halogens is 1. The van der Waals surface area contributed by atoms with Crippen LogP contribution in [0.3, 0.4) is 0 Å². The predicted octanol–water partition coefficient (Wildman–Crippen LogP) is 2.83. The summed E-state index contributed by atoms with van der Waals surface area (Å²) in [7, 11) is 1.54. The van der Waals surface area contributed by atoms with E-state index in [0.29, 0.717) is 42.0 Å². The molecular weight excluding hydrogens is 389 g/mol. The lowest BCUT2D eigenvalue weighted by molar-refractivity contribution is -0.00571. The Morgan fingerprint density at radius 2 is 1.83 bits per heavy atom. The fraction of sp³-hybridized carbons (Fsp3) is 0.350. The second-order valence-electron chi connectivity index (χ2n) is 7.04. The molecule has 0 bridgehead atoms. The van der Waals surface area contributed by atoms with Crippen LogP contribution in [-0.4, -0.2) is 57.3 Å². The Hall–Kier alpha value is -3.40. The van der Waals surface area contributed by atoms with Crippen LogP contribution in [0.1, 0.15) is 13.8 Å². The van der Waals surface area contributed by atoms with Gasteiger partial charge in [-0.3, -0.25) is 0 Å². The molecule has 1 N–H and O–H groups in total. The average molecular weight is 411 g/mol. The number of hydrogen-bond acceptors (Lipinski definition) is 9. The fourth-order valence-corrected chi connectivity index (χ4v) is 3.28. The van der Waals surface area contributed by atoms with E-state index in [4.69, 9.17) is 9.47 Å². The largest absolute Gasteiger partial charge is 0.494 e. The van der Waals surface area contributed by atoms with E-state index in [2.05, 4.69) is 35.1 Å². The van der Waals surface area contributed by atoms with Crippen LogP contribution in [0.2, 0.25) is 0 Å². The summed E-state index contributed by atoms with van der Waals surface area (Å²) in [5, 5.41) is 2.98. The van der Waals surface area contributed by atoms with Crippen molar-refractivity contribution in [3.8, 4) is 17.1 Å². The summed E-state index contributed by atoms with van der Waals surface area (Å²) in [6, 6.07) is 3.26. The number of nitrogens with zero attached hydrogens (tertiary/aromatic N) is 6. The first-order valence-corrected chi connectivity index (χ1v) is 9.54. The standard InChI is InChI=1S/C20H22FN7O2/c1-12-10-28(11-13(2)30-12)20-22-5-4-17(27-20)26-16-6-14(7-23-18(16)21)19-24-8-15(29-3)9-25-19/h4-9,12-13H,10-11H2,1-3H3,(H,22,26,27)/t12-,13+. The van der Waals surface area contributed by atoms with Gasteiger partial charge in [-0.1, -0.05) is 0 Å². The molecule has 4 rings (SSSR count). The Morgan fingerprint density at radius 1 is 1.10 bits per heavy atom. The zero-order chi connectivity index (χ0) is 21.1. The number of hydrogen-bond donors (Lipinski definition) is 1. The van der Waals surface area contributed by atoms with Crippen LogP contribution in [0.15, 0.2) is 36.9 Å². The second kappa shape index (κ2) is 8.54. The van der Waals surface area contributed by atoms with Gasteiger partial charge in [-0.2, -0.15) is 9.37 Å². The SMILES string of the molecule is COc1cnc(-c2cnc(F)c(Nc3ccnc(N4C[C@@H](C)O[C@@H](C)C4)n3)c2)nc1. The van der Waals surface area contributed by atoms with Crippen LogP contribution in [0.4, 0.5) is 21.8 Å². The molecule has 10 heteroatoms.